The Kier molecular flexibility index (Phi) is 6.33. The number of cyclic esters (lactones) is 1. The molecule has 2 N–H and O–H groups in total. The first-order valence-electron chi connectivity index (χ1n) is 10.2. The van der Waals surface area contributed by atoms with Crippen LogP contribution in [0.4, 0.5) is 10.5 Å². The van der Waals surface area contributed by atoms with Crippen molar-refractivity contribution in [1.29, 1.82) is 0 Å². The molecule has 33 heavy (non-hydrogen) atoms. The largest absolute Gasteiger partial charge is 0.452 e. The molecule has 4 rings (SSSR count). The third kappa shape index (κ3) is 4.68. The molecule has 3 aromatic rings. The number of hydrogen-bond acceptors (Lipinski definition) is 6. The van der Waals surface area contributed by atoms with Crippen LogP contribution in [0.1, 0.15) is 22.3 Å². The van der Waals surface area contributed by atoms with E-state index < -0.39 is 17.6 Å². The van der Waals surface area contributed by atoms with Crippen molar-refractivity contribution in [1.82, 2.24) is 5.43 Å². The van der Waals surface area contributed by atoms with Gasteiger partial charge in [-0.25, -0.2) is 20.0 Å². The van der Waals surface area contributed by atoms with Gasteiger partial charge in [-0.3, -0.25) is 5.43 Å². The lowest BCUT2D eigenvalue weighted by Gasteiger charge is -2.24. The Morgan fingerprint density at radius 2 is 1.82 bits per heavy atom. The smallest absolute Gasteiger partial charge is 0.425 e. The van der Waals surface area contributed by atoms with Gasteiger partial charge in [0.2, 0.25) is 5.90 Å². The van der Waals surface area contributed by atoms with E-state index in [0.717, 1.165) is 11.1 Å². The lowest BCUT2D eigenvalue weighted by Crippen LogP contribution is -2.34. The van der Waals surface area contributed by atoms with E-state index in [4.69, 9.17) is 21.3 Å². The topological polar surface area (TPSA) is 89.0 Å². The molecule has 168 valence electrons. The minimum Gasteiger partial charge on any atom is -0.452 e. The van der Waals surface area contributed by atoms with Crippen molar-refractivity contribution in [3.63, 3.8) is 0 Å². The van der Waals surface area contributed by atoms with Gasteiger partial charge >= 0.3 is 12.1 Å². The fourth-order valence-corrected chi connectivity index (χ4v) is 3.94. The first kappa shape index (κ1) is 22.4. The van der Waals surface area contributed by atoms with Crippen LogP contribution >= 0.6 is 11.6 Å². The summed E-state index contributed by atoms with van der Waals surface area (Å²) < 4.78 is 10.2. The highest BCUT2D eigenvalue weighted by Gasteiger charge is 2.49. The zero-order chi connectivity index (χ0) is 23.4. The summed E-state index contributed by atoms with van der Waals surface area (Å²) in [4.78, 5) is 29.5. The number of amides is 1. The zero-order valence-corrected chi connectivity index (χ0v) is 18.8. The number of benzene rings is 3. The highest BCUT2D eigenvalue weighted by Crippen LogP contribution is 2.41. The van der Waals surface area contributed by atoms with Crippen LogP contribution in [0.5, 0.6) is 0 Å². The molecular formula is C25H22ClN3O4. The van der Waals surface area contributed by atoms with Crippen molar-refractivity contribution < 1.29 is 19.1 Å². The maximum atomic E-state index is 13.4. The van der Waals surface area contributed by atoms with Crippen molar-refractivity contribution in [3.8, 4) is 0 Å². The quantitative estimate of drug-likeness (QED) is 0.406. The zero-order valence-electron chi connectivity index (χ0n) is 18.1. The third-order valence-electron chi connectivity index (χ3n) is 5.33. The van der Waals surface area contributed by atoms with Gasteiger partial charge in [0.15, 0.2) is 5.54 Å². The van der Waals surface area contributed by atoms with Crippen LogP contribution < -0.4 is 10.9 Å². The average Bonchev–Trinajstić information content (AvgIpc) is 3.15. The van der Waals surface area contributed by atoms with Gasteiger partial charge in [-0.1, -0.05) is 65.7 Å². The maximum Gasteiger partial charge on any atom is 0.425 e. The van der Waals surface area contributed by atoms with E-state index >= 15 is 0 Å². The Bertz CT molecular complexity index is 1210. The summed E-state index contributed by atoms with van der Waals surface area (Å²) in [6.45, 7) is 1.98. The van der Waals surface area contributed by atoms with Gasteiger partial charge < -0.3 is 9.47 Å². The predicted molar refractivity (Wildman–Crippen MR) is 126 cm³/mol. The second-order valence-corrected chi connectivity index (χ2v) is 8.04. The van der Waals surface area contributed by atoms with Crippen molar-refractivity contribution >= 4 is 35.2 Å². The molecule has 1 amide bonds. The van der Waals surface area contributed by atoms with E-state index in [1.54, 1.807) is 18.2 Å². The summed E-state index contributed by atoms with van der Waals surface area (Å²) in [6.07, 6.45) is -0.378. The molecule has 0 saturated heterocycles. The van der Waals surface area contributed by atoms with Crippen LogP contribution in [0.15, 0.2) is 77.8 Å². The number of aryl methyl sites for hydroxylation is 1. The molecule has 0 fully saturated rings. The molecule has 0 saturated carbocycles. The number of halogens is 1. The number of carbonyl (C=O) groups is 2. The Labute approximate surface area is 196 Å². The molecule has 0 spiro atoms. The standard InChI is InChI=1S/C25H22ClN3O4/c1-16-8-10-18(11-9-16)22-27-25(23(30)33-22,15-17-6-4-3-5-7-17)20-13-12-19(14-21(20)26)28-29-24(31)32-2/h3-14,28H,15H2,1-2H3,(H,29,31)/t25-/m1/s1. The van der Waals surface area contributed by atoms with Crippen LogP contribution in [-0.2, 0) is 26.2 Å². The molecular weight excluding hydrogens is 442 g/mol. The fourth-order valence-electron chi connectivity index (χ4n) is 3.60. The van der Waals surface area contributed by atoms with Gasteiger partial charge in [0.25, 0.3) is 0 Å². The molecule has 7 nitrogen and oxygen atoms in total. The lowest BCUT2D eigenvalue weighted by molar-refractivity contribution is -0.139. The summed E-state index contributed by atoms with van der Waals surface area (Å²) in [5, 5.41) is 0.299. The van der Waals surface area contributed by atoms with Crippen LogP contribution in [0.3, 0.4) is 0 Å². The summed E-state index contributed by atoms with van der Waals surface area (Å²) in [7, 11) is 1.26. The van der Waals surface area contributed by atoms with Crippen LogP contribution in [0, 0.1) is 6.92 Å². The molecule has 3 aromatic carbocycles. The number of ether oxygens (including phenoxy) is 2. The first-order valence-corrected chi connectivity index (χ1v) is 10.6. The van der Waals surface area contributed by atoms with E-state index in [2.05, 4.69) is 15.6 Å². The van der Waals surface area contributed by atoms with E-state index in [-0.39, 0.29) is 12.3 Å². The highest BCUT2D eigenvalue weighted by atomic mass is 35.5. The van der Waals surface area contributed by atoms with E-state index in [9.17, 15) is 9.59 Å². The Hall–Kier alpha value is -3.84. The lowest BCUT2D eigenvalue weighted by atomic mass is 9.84. The van der Waals surface area contributed by atoms with Gasteiger partial charge in [-0.15, -0.1) is 0 Å². The summed E-state index contributed by atoms with van der Waals surface area (Å²) in [5.41, 5.74) is 7.44. The molecule has 8 heteroatoms. The monoisotopic (exact) mass is 463 g/mol. The number of esters is 1. The minimum absolute atomic E-state index is 0.251. The van der Waals surface area contributed by atoms with Crippen LogP contribution in [0.25, 0.3) is 0 Å². The molecule has 1 aliphatic rings. The SMILES string of the molecule is COC(=O)NNc1ccc([C@@]2(Cc3ccccc3)N=C(c3ccc(C)cc3)OC2=O)c(Cl)c1. The fraction of sp³-hybridized carbons (Fsp3) is 0.160. The normalized spacial score (nSPS) is 17.2. The number of methoxy groups -OCH3 is 1. The van der Waals surface area contributed by atoms with Gasteiger partial charge in [0, 0.05) is 22.6 Å². The second-order valence-electron chi connectivity index (χ2n) is 7.63. The number of hydrogen-bond donors (Lipinski definition) is 2. The van der Waals surface area contributed by atoms with Gasteiger partial charge in [-0.2, -0.15) is 0 Å². The number of anilines is 1. The van der Waals surface area contributed by atoms with Crippen molar-refractivity contribution in [2.75, 3.05) is 12.5 Å². The summed E-state index contributed by atoms with van der Waals surface area (Å²) >= 11 is 6.63. The number of nitrogens with zero attached hydrogens (tertiary/aromatic N) is 1. The first-order chi connectivity index (χ1) is 15.9. The Balaban J connectivity index is 1.76. The van der Waals surface area contributed by atoms with Crippen molar-refractivity contribution in [3.05, 3.63) is 100 Å². The number of nitrogens with one attached hydrogen (secondary N) is 2. The number of aliphatic imine (C=N–C) groups is 1. The number of hydrazine groups is 1. The minimum atomic E-state index is -1.35. The highest BCUT2D eigenvalue weighted by molar-refractivity contribution is 6.32. The van der Waals surface area contributed by atoms with Crippen LogP contribution in [0.2, 0.25) is 5.02 Å². The van der Waals surface area contributed by atoms with Gasteiger partial charge in [0.05, 0.1) is 12.8 Å². The average molecular weight is 464 g/mol. The third-order valence-corrected chi connectivity index (χ3v) is 5.64. The molecule has 0 bridgehead atoms. The molecule has 1 heterocycles. The Morgan fingerprint density at radius 3 is 2.48 bits per heavy atom. The van der Waals surface area contributed by atoms with E-state index in [0.29, 0.717) is 21.8 Å². The van der Waals surface area contributed by atoms with E-state index in [1.807, 2.05) is 61.5 Å². The molecule has 1 aliphatic heterocycles. The number of carbonyl (C=O) groups excluding carboxylic acids is 2. The second kappa shape index (κ2) is 9.34. The maximum absolute atomic E-state index is 13.4. The van der Waals surface area contributed by atoms with Crippen molar-refractivity contribution in [2.24, 2.45) is 4.99 Å². The molecule has 0 aromatic heterocycles. The predicted octanol–water partition coefficient (Wildman–Crippen LogP) is 4.77. The van der Waals surface area contributed by atoms with Gasteiger partial charge in [0.1, 0.15) is 0 Å². The molecule has 0 radical (unpaired) electrons. The summed E-state index contributed by atoms with van der Waals surface area (Å²) in [5.74, 6) is -0.251. The Morgan fingerprint density at radius 1 is 1.09 bits per heavy atom. The summed E-state index contributed by atoms with van der Waals surface area (Å²) in [6, 6.07) is 22.2. The van der Waals surface area contributed by atoms with Crippen molar-refractivity contribution in [2.45, 2.75) is 18.9 Å². The van der Waals surface area contributed by atoms with Gasteiger partial charge in [-0.05, 0) is 36.8 Å². The van der Waals surface area contributed by atoms with Crippen LogP contribution in [-0.4, -0.2) is 25.1 Å². The molecule has 1 atom stereocenters. The number of rotatable bonds is 6. The molecule has 0 unspecified atom stereocenters. The molecule has 0 aliphatic carbocycles. The van der Waals surface area contributed by atoms with E-state index in [1.165, 1.54) is 7.11 Å².